The van der Waals surface area contributed by atoms with Crippen LogP contribution < -0.4 is 10.6 Å². The summed E-state index contributed by atoms with van der Waals surface area (Å²) in [5.74, 6) is 1.36. The third-order valence-corrected chi connectivity index (χ3v) is 6.73. The van der Waals surface area contributed by atoms with Crippen molar-refractivity contribution in [2.75, 3.05) is 26.2 Å². The Hall–Kier alpha value is -1.88. The number of carbonyl (C=O) groups excluding carboxylic acids is 2. The van der Waals surface area contributed by atoms with Crippen molar-refractivity contribution in [3.05, 3.63) is 35.9 Å². The highest BCUT2D eigenvalue weighted by Gasteiger charge is 2.29. The highest BCUT2D eigenvalue weighted by molar-refractivity contribution is 5.84. The van der Waals surface area contributed by atoms with Gasteiger partial charge in [-0.15, -0.1) is 0 Å². The van der Waals surface area contributed by atoms with Crippen LogP contribution in [0.1, 0.15) is 63.9 Å². The van der Waals surface area contributed by atoms with Crippen LogP contribution in [-0.2, 0) is 9.59 Å². The molecule has 2 aliphatic rings. The molecule has 0 aliphatic carbocycles. The smallest absolute Gasteiger partial charge is 0.230 e. The van der Waals surface area contributed by atoms with Crippen molar-refractivity contribution in [2.45, 2.75) is 64.3 Å². The van der Waals surface area contributed by atoms with E-state index < -0.39 is 0 Å². The molecular formula is C24H37N3O2. The molecule has 2 aliphatic heterocycles. The minimum absolute atomic E-state index is 0.0627. The molecule has 0 bridgehead atoms. The largest absolute Gasteiger partial charge is 0.353 e. The fourth-order valence-electron chi connectivity index (χ4n) is 4.81. The summed E-state index contributed by atoms with van der Waals surface area (Å²) in [6.45, 7) is 7.88. The fourth-order valence-corrected chi connectivity index (χ4v) is 4.81. The summed E-state index contributed by atoms with van der Waals surface area (Å²) < 4.78 is 0. The van der Waals surface area contributed by atoms with E-state index in [9.17, 15) is 9.59 Å². The zero-order valence-corrected chi connectivity index (χ0v) is 18.0. The second-order valence-corrected chi connectivity index (χ2v) is 8.83. The first kappa shape index (κ1) is 21.8. The lowest BCUT2D eigenvalue weighted by Gasteiger charge is -2.35. The molecule has 3 rings (SSSR count). The monoisotopic (exact) mass is 399 g/mol. The number of hydrogen-bond acceptors (Lipinski definition) is 3. The molecule has 2 N–H and O–H groups in total. The number of carbonyl (C=O) groups is 2. The van der Waals surface area contributed by atoms with Gasteiger partial charge in [0.2, 0.25) is 11.8 Å². The number of piperidine rings is 2. The van der Waals surface area contributed by atoms with Crippen molar-refractivity contribution in [1.29, 1.82) is 0 Å². The Morgan fingerprint density at radius 3 is 2.52 bits per heavy atom. The van der Waals surface area contributed by atoms with Gasteiger partial charge < -0.3 is 15.5 Å². The summed E-state index contributed by atoms with van der Waals surface area (Å²) >= 11 is 0. The molecule has 0 spiro atoms. The summed E-state index contributed by atoms with van der Waals surface area (Å²) in [6, 6.07) is 10.3. The molecule has 2 saturated heterocycles. The predicted octanol–water partition coefficient (Wildman–Crippen LogP) is 3.31. The summed E-state index contributed by atoms with van der Waals surface area (Å²) in [7, 11) is 0. The van der Waals surface area contributed by atoms with Gasteiger partial charge in [0.1, 0.15) is 0 Å². The zero-order chi connectivity index (χ0) is 20.6. The van der Waals surface area contributed by atoms with Crippen LogP contribution in [0.5, 0.6) is 0 Å². The van der Waals surface area contributed by atoms with Crippen LogP contribution in [0.3, 0.4) is 0 Å². The van der Waals surface area contributed by atoms with Gasteiger partial charge in [0.25, 0.3) is 0 Å². The van der Waals surface area contributed by atoms with E-state index in [1.807, 2.05) is 35.2 Å². The van der Waals surface area contributed by atoms with E-state index in [-0.39, 0.29) is 23.8 Å². The summed E-state index contributed by atoms with van der Waals surface area (Å²) in [5, 5.41) is 6.67. The van der Waals surface area contributed by atoms with Gasteiger partial charge in [-0.3, -0.25) is 9.59 Å². The summed E-state index contributed by atoms with van der Waals surface area (Å²) in [6.07, 6.45) is 5.56. The molecule has 3 unspecified atom stereocenters. The highest BCUT2D eigenvalue weighted by atomic mass is 16.2. The number of nitrogens with one attached hydrogen (secondary N) is 2. The van der Waals surface area contributed by atoms with Crippen molar-refractivity contribution in [2.24, 2.45) is 11.8 Å². The van der Waals surface area contributed by atoms with Crippen LogP contribution in [0.2, 0.25) is 0 Å². The van der Waals surface area contributed by atoms with E-state index in [0.717, 1.165) is 51.0 Å². The lowest BCUT2D eigenvalue weighted by molar-refractivity contribution is -0.134. The van der Waals surface area contributed by atoms with Gasteiger partial charge in [-0.25, -0.2) is 0 Å². The third kappa shape index (κ3) is 6.05. The SMILES string of the molecule is CCC(C(=O)N1CCC(NC(=O)CC(C)C2CCCNC2)CC1)c1ccccc1. The maximum absolute atomic E-state index is 13.0. The topological polar surface area (TPSA) is 61.4 Å². The fraction of sp³-hybridized carbons (Fsp3) is 0.667. The van der Waals surface area contributed by atoms with E-state index in [1.54, 1.807) is 0 Å². The quantitative estimate of drug-likeness (QED) is 0.739. The Kier molecular flexibility index (Phi) is 8.10. The Morgan fingerprint density at radius 2 is 1.90 bits per heavy atom. The molecule has 0 aromatic heterocycles. The normalized spacial score (nSPS) is 22.7. The number of amides is 2. The van der Waals surface area contributed by atoms with Crippen molar-refractivity contribution >= 4 is 11.8 Å². The second kappa shape index (κ2) is 10.8. The highest BCUT2D eigenvalue weighted by Crippen LogP contribution is 2.25. The molecule has 1 aromatic carbocycles. The van der Waals surface area contributed by atoms with Gasteiger partial charge in [-0.2, -0.15) is 0 Å². The van der Waals surface area contributed by atoms with Gasteiger partial charge >= 0.3 is 0 Å². The number of rotatable bonds is 7. The van der Waals surface area contributed by atoms with Crippen LogP contribution in [0.25, 0.3) is 0 Å². The molecule has 2 amide bonds. The van der Waals surface area contributed by atoms with E-state index >= 15 is 0 Å². The molecule has 0 radical (unpaired) electrons. The minimum atomic E-state index is -0.0627. The Labute approximate surface area is 175 Å². The Bertz CT molecular complexity index is 649. The van der Waals surface area contributed by atoms with Crippen molar-refractivity contribution in [1.82, 2.24) is 15.5 Å². The van der Waals surface area contributed by atoms with E-state index in [2.05, 4.69) is 24.5 Å². The first-order chi connectivity index (χ1) is 14.1. The van der Waals surface area contributed by atoms with Gasteiger partial charge in [-0.05, 0) is 62.6 Å². The zero-order valence-electron chi connectivity index (χ0n) is 18.0. The summed E-state index contributed by atoms with van der Waals surface area (Å²) in [5.41, 5.74) is 1.10. The standard InChI is InChI=1S/C24H37N3O2/c1-3-22(19-8-5-4-6-9-19)24(29)27-14-11-21(12-15-27)26-23(28)16-18(2)20-10-7-13-25-17-20/h4-6,8-9,18,20-22,25H,3,7,10-17H2,1-2H3,(H,26,28). The predicted molar refractivity (Wildman–Crippen MR) is 117 cm³/mol. The first-order valence-electron chi connectivity index (χ1n) is 11.4. The van der Waals surface area contributed by atoms with E-state index in [1.165, 1.54) is 12.8 Å². The molecule has 160 valence electrons. The molecule has 5 heteroatoms. The van der Waals surface area contributed by atoms with Crippen molar-refractivity contribution in [3.8, 4) is 0 Å². The van der Waals surface area contributed by atoms with Gasteiger partial charge in [0.05, 0.1) is 5.92 Å². The average Bonchev–Trinajstić information content (AvgIpc) is 2.76. The molecule has 1 aromatic rings. The summed E-state index contributed by atoms with van der Waals surface area (Å²) in [4.78, 5) is 27.5. The maximum Gasteiger partial charge on any atom is 0.230 e. The second-order valence-electron chi connectivity index (χ2n) is 8.83. The van der Waals surface area contributed by atoms with Gasteiger partial charge in [0.15, 0.2) is 0 Å². The molecule has 2 fully saturated rings. The number of nitrogens with zero attached hydrogens (tertiary/aromatic N) is 1. The first-order valence-corrected chi connectivity index (χ1v) is 11.4. The number of hydrogen-bond donors (Lipinski definition) is 2. The lowest BCUT2D eigenvalue weighted by Crippen LogP contribution is -2.48. The molecule has 3 atom stereocenters. The van der Waals surface area contributed by atoms with Crippen LogP contribution in [0, 0.1) is 11.8 Å². The molecule has 0 saturated carbocycles. The maximum atomic E-state index is 13.0. The minimum Gasteiger partial charge on any atom is -0.353 e. The number of likely N-dealkylation sites (tertiary alicyclic amines) is 1. The number of benzene rings is 1. The average molecular weight is 400 g/mol. The van der Waals surface area contributed by atoms with Gasteiger partial charge in [0, 0.05) is 25.6 Å². The molecule has 29 heavy (non-hydrogen) atoms. The third-order valence-electron chi connectivity index (χ3n) is 6.73. The van der Waals surface area contributed by atoms with Crippen LogP contribution in [-0.4, -0.2) is 48.9 Å². The Morgan fingerprint density at radius 1 is 1.17 bits per heavy atom. The lowest BCUT2D eigenvalue weighted by atomic mass is 9.85. The van der Waals surface area contributed by atoms with Crippen LogP contribution >= 0.6 is 0 Å². The Balaban J connectivity index is 1.43. The molecule has 5 nitrogen and oxygen atoms in total. The van der Waals surface area contributed by atoms with Crippen molar-refractivity contribution < 1.29 is 9.59 Å². The van der Waals surface area contributed by atoms with Crippen molar-refractivity contribution in [3.63, 3.8) is 0 Å². The van der Waals surface area contributed by atoms with Crippen LogP contribution in [0.15, 0.2) is 30.3 Å². The van der Waals surface area contributed by atoms with E-state index in [0.29, 0.717) is 18.3 Å². The van der Waals surface area contributed by atoms with Crippen LogP contribution in [0.4, 0.5) is 0 Å². The molecular weight excluding hydrogens is 362 g/mol. The van der Waals surface area contributed by atoms with E-state index in [4.69, 9.17) is 0 Å². The molecule has 2 heterocycles. The van der Waals surface area contributed by atoms with Gasteiger partial charge in [-0.1, -0.05) is 44.2 Å².